The van der Waals surface area contributed by atoms with Crippen molar-refractivity contribution in [2.45, 2.75) is 30.0 Å². The minimum absolute atomic E-state index is 0.198. The van der Waals surface area contributed by atoms with Gasteiger partial charge < -0.3 is 16.2 Å². The fourth-order valence-electron chi connectivity index (χ4n) is 2.08. The van der Waals surface area contributed by atoms with E-state index in [1.54, 1.807) is 24.3 Å². The largest absolute Gasteiger partial charge is 0.480 e. The van der Waals surface area contributed by atoms with Gasteiger partial charge in [0, 0.05) is 22.7 Å². The molecule has 0 spiro atoms. The van der Waals surface area contributed by atoms with Crippen LogP contribution in [0.2, 0.25) is 0 Å². The predicted octanol–water partition coefficient (Wildman–Crippen LogP) is 3.35. The van der Waals surface area contributed by atoms with E-state index in [2.05, 4.69) is 5.32 Å². The SMILES string of the molecule is CCC(Sc1ccc(NC(=O)c2ccc(CN)cc2)cc1)C(=O)O. The molecule has 0 aliphatic rings. The summed E-state index contributed by atoms with van der Waals surface area (Å²) in [5.41, 5.74) is 7.73. The first-order chi connectivity index (χ1) is 11.5. The van der Waals surface area contributed by atoms with Crippen LogP contribution in [0.4, 0.5) is 5.69 Å². The van der Waals surface area contributed by atoms with Crippen LogP contribution in [0, 0.1) is 0 Å². The minimum Gasteiger partial charge on any atom is -0.480 e. The highest BCUT2D eigenvalue weighted by molar-refractivity contribution is 8.00. The first-order valence-electron chi connectivity index (χ1n) is 7.63. The maximum absolute atomic E-state index is 12.2. The molecule has 1 unspecified atom stereocenters. The number of nitrogens with one attached hydrogen (secondary N) is 1. The van der Waals surface area contributed by atoms with Crippen LogP contribution in [-0.2, 0) is 11.3 Å². The number of carboxylic acids is 1. The Balaban J connectivity index is 2.00. The summed E-state index contributed by atoms with van der Waals surface area (Å²) in [7, 11) is 0. The van der Waals surface area contributed by atoms with Crippen molar-refractivity contribution >= 4 is 29.3 Å². The Bertz CT molecular complexity index is 699. The van der Waals surface area contributed by atoms with Gasteiger partial charge in [-0.15, -0.1) is 11.8 Å². The molecule has 2 aromatic carbocycles. The first kappa shape index (κ1) is 18.0. The number of benzene rings is 2. The van der Waals surface area contributed by atoms with Gasteiger partial charge in [0.2, 0.25) is 0 Å². The summed E-state index contributed by atoms with van der Waals surface area (Å²) in [6.45, 7) is 2.28. The number of rotatable bonds is 7. The Morgan fingerprint density at radius 2 is 1.75 bits per heavy atom. The van der Waals surface area contributed by atoms with Gasteiger partial charge in [0.05, 0.1) is 0 Å². The van der Waals surface area contributed by atoms with Gasteiger partial charge in [-0.05, 0) is 48.4 Å². The smallest absolute Gasteiger partial charge is 0.316 e. The molecule has 1 atom stereocenters. The van der Waals surface area contributed by atoms with Crippen LogP contribution in [0.25, 0.3) is 0 Å². The van der Waals surface area contributed by atoms with Crippen LogP contribution in [0.5, 0.6) is 0 Å². The molecule has 0 aliphatic heterocycles. The number of aliphatic carboxylic acids is 1. The van der Waals surface area contributed by atoms with Gasteiger partial charge in [-0.1, -0.05) is 19.1 Å². The summed E-state index contributed by atoms with van der Waals surface area (Å²) in [5.74, 6) is -1.02. The Morgan fingerprint density at radius 3 is 2.25 bits per heavy atom. The maximum Gasteiger partial charge on any atom is 0.316 e. The summed E-state index contributed by atoms with van der Waals surface area (Å²) < 4.78 is 0. The van der Waals surface area contributed by atoms with Crippen molar-refractivity contribution < 1.29 is 14.7 Å². The summed E-state index contributed by atoms with van der Waals surface area (Å²) in [5, 5.41) is 11.4. The van der Waals surface area contributed by atoms with Crippen molar-refractivity contribution in [3.8, 4) is 0 Å². The third-order valence-corrected chi connectivity index (χ3v) is 4.85. The van der Waals surface area contributed by atoms with Gasteiger partial charge in [0.1, 0.15) is 5.25 Å². The molecule has 0 saturated heterocycles. The fraction of sp³-hybridized carbons (Fsp3) is 0.222. The Labute approximate surface area is 145 Å². The van der Waals surface area contributed by atoms with Crippen LogP contribution in [0.15, 0.2) is 53.4 Å². The van der Waals surface area contributed by atoms with Gasteiger partial charge in [0.25, 0.3) is 5.91 Å². The lowest BCUT2D eigenvalue weighted by molar-refractivity contribution is -0.136. The molecule has 2 rings (SSSR count). The van der Waals surface area contributed by atoms with Gasteiger partial charge >= 0.3 is 5.97 Å². The van der Waals surface area contributed by atoms with E-state index >= 15 is 0 Å². The quantitative estimate of drug-likeness (QED) is 0.670. The zero-order valence-electron chi connectivity index (χ0n) is 13.4. The number of hydrogen-bond acceptors (Lipinski definition) is 4. The molecular weight excluding hydrogens is 324 g/mol. The topological polar surface area (TPSA) is 92.4 Å². The van der Waals surface area contributed by atoms with Gasteiger partial charge in [-0.25, -0.2) is 0 Å². The van der Waals surface area contributed by atoms with E-state index in [1.165, 1.54) is 11.8 Å². The number of thioether (sulfide) groups is 1. The standard InChI is InChI=1S/C18H20N2O3S/c1-2-16(18(22)23)24-15-9-7-14(8-10-15)20-17(21)13-5-3-12(11-19)4-6-13/h3-10,16H,2,11,19H2,1H3,(H,20,21)(H,22,23). The zero-order chi connectivity index (χ0) is 17.5. The lowest BCUT2D eigenvalue weighted by atomic mass is 10.1. The van der Waals surface area contributed by atoms with E-state index in [0.29, 0.717) is 24.2 Å². The van der Waals surface area contributed by atoms with Crippen molar-refractivity contribution in [1.82, 2.24) is 0 Å². The van der Waals surface area contributed by atoms with Crippen molar-refractivity contribution in [1.29, 1.82) is 0 Å². The third kappa shape index (κ3) is 4.84. The molecule has 6 heteroatoms. The second-order valence-electron chi connectivity index (χ2n) is 5.23. The highest BCUT2D eigenvalue weighted by Crippen LogP contribution is 2.26. The highest BCUT2D eigenvalue weighted by atomic mass is 32.2. The van der Waals surface area contributed by atoms with Crippen molar-refractivity contribution in [3.05, 3.63) is 59.7 Å². The molecule has 24 heavy (non-hydrogen) atoms. The van der Waals surface area contributed by atoms with Crippen LogP contribution < -0.4 is 11.1 Å². The van der Waals surface area contributed by atoms with Gasteiger partial charge in [-0.3, -0.25) is 9.59 Å². The molecule has 5 nitrogen and oxygen atoms in total. The number of carbonyl (C=O) groups excluding carboxylic acids is 1. The zero-order valence-corrected chi connectivity index (χ0v) is 14.2. The molecule has 1 amide bonds. The monoisotopic (exact) mass is 344 g/mol. The molecule has 0 saturated carbocycles. The van der Waals surface area contributed by atoms with E-state index in [9.17, 15) is 9.59 Å². The van der Waals surface area contributed by atoms with Crippen LogP contribution in [0.1, 0.15) is 29.3 Å². The number of amides is 1. The van der Waals surface area contributed by atoms with E-state index in [4.69, 9.17) is 10.8 Å². The summed E-state index contributed by atoms with van der Waals surface area (Å²) in [4.78, 5) is 24.1. The second kappa shape index (κ2) is 8.52. The maximum atomic E-state index is 12.2. The summed E-state index contributed by atoms with van der Waals surface area (Å²) >= 11 is 1.30. The molecule has 0 aliphatic carbocycles. The lowest BCUT2D eigenvalue weighted by Crippen LogP contribution is -2.14. The number of carboxylic acid groups (broad SMARTS) is 1. The molecule has 2 aromatic rings. The molecule has 4 N–H and O–H groups in total. The van der Waals surface area contributed by atoms with Gasteiger partial charge in [0.15, 0.2) is 0 Å². The average Bonchev–Trinajstić information content (AvgIpc) is 2.60. The number of hydrogen-bond donors (Lipinski definition) is 3. The van der Waals surface area contributed by atoms with Crippen LogP contribution in [-0.4, -0.2) is 22.2 Å². The summed E-state index contributed by atoms with van der Waals surface area (Å²) in [6, 6.07) is 14.3. The van der Waals surface area contributed by atoms with E-state index in [1.807, 2.05) is 31.2 Å². The second-order valence-corrected chi connectivity index (χ2v) is 6.51. The molecule has 0 fully saturated rings. The van der Waals surface area contributed by atoms with E-state index in [-0.39, 0.29) is 5.91 Å². The number of carbonyl (C=O) groups is 2. The molecule has 0 heterocycles. The predicted molar refractivity (Wildman–Crippen MR) is 96.3 cm³/mol. The van der Waals surface area contributed by atoms with E-state index < -0.39 is 11.2 Å². The molecule has 0 radical (unpaired) electrons. The molecule has 0 aromatic heterocycles. The lowest BCUT2D eigenvalue weighted by Gasteiger charge is -2.10. The van der Waals surface area contributed by atoms with Crippen LogP contribution in [0.3, 0.4) is 0 Å². The van der Waals surface area contributed by atoms with Crippen molar-refractivity contribution in [2.75, 3.05) is 5.32 Å². The Morgan fingerprint density at radius 1 is 1.12 bits per heavy atom. The van der Waals surface area contributed by atoms with Crippen LogP contribution >= 0.6 is 11.8 Å². The average molecular weight is 344 g/mol. The minimum atomic E-state index is -0.819. The highest BCUT2D eigenvalue weighted by Gasteiger charge is 2.16. The fourth-order valence-corrected chi connectivity index (χ4v) is 2.97. The molecule has 0 bridgehead atoms. The number of anilines is 1. The normalized spacial score (nSPS) is 11.8. The third-order valence-electron chi connectivity index (χ3n) is 3.49. The van der Waals surface area contributed by atoms with Gasteiger partial charge in [-0.2, -0.15) is 0 Å². The summed E-state index contributed by atoms with van der Waals surface area (Å²) in [6.07, 6.45) is 0.553. The molecular formula is C18H20N2O3S. The molecule has 126 valence electrons. The van der Waals surface area contributed by atoms with Crippen molar-refractivity contribution in [3.63, 3.8) is 0 Å². The first-order valence-corrected chi connectivity index (χ1v) is 8.51. The number of nitrogens with two attached hydrogens (primary N) is 1. The van der Waals surface area contributed by atoms with E-state index in [0.717, 1.165) is 10.5 Å². The Kier molecular flexibility index (Phi) is 6.40. The van der Waals surface area contributed by atoms with Crippen molar-refractivity contribution in [2.24, 2.45) is 5.73 Å². The Hall–Kier alpha value is -2.31.